The second-order valence-corrected chi connectivity index (χ2v) is 23.5. The van der Waals surface area contributed by atoms with Crippen molar-refractivity contribution in [2.24, 2.45) is 14.1 Å². The van der Waals surface area contributed by atoms with Crippen LogP contribution >= 0.6 is 0 Å². The minimum absolute atomic E-state index is 0.000556. The van der Waals surface area contributed by atoms with Crippen LogP contribution in [0.25, 0.3) is 21.7 Å². The lowest BCUT2D eigenvalue weighted by Gasteiger charge is -2.33. The molecule has 8 heterocycles. The van der Waals surface area contributed by atoms with Crippen molar-refractivity contribution in [3.63, 3.8) is 0 Å². The van der Waals surface area contributed by atoms with Gasteiger partial charge in [-0.05, 0) is 108 Å². The highest BCUT2D eigenvalue weighted by molar-refractivity contribution is 6.07. The highest BCUT2D eigenvalue weighted by atomic mass is 16.2. The van der Waals surface area contributed by atoms with Crippen LogP contribution in [0.3, 0.4) is 0 Å². The number of pyridine rings is 1. The van der Waals surface area contributed by atoms with Gasteiger partial charge >= 0.3 is 6.03 Å². The van der Waals surface area contributed by atoms with Crippen LogP contribution in [0, 0.1) is 0 Å². The second kappa shape index (κ2) is 32.9. The Morgan fingerprint density at radius 3 is 1.69 bits per heavy atom. The molecule has 9 aromatic rings. The monoisotopic (exact) mass is 1280 g/mol. The van der Waals surface area contributed by atoms with Crippen LogP contribution in [0.15, 0.2) is 198 Å². The Hall–Kier alpha value is -11.2. The van der Waals surface area contributed by atoms with Crippen LogP contribution in [0.5, 0.6) is 0 Å². The minimum atomic E-state index is -0.0539. The molecule has 0 bridgehead atoms. The number of anilines is 3. The Morgan fingerprint density at radius 2 is 1.00 bits per heavy atom. The zero-order valence-corrected chi connectivity index (χ0v) is 55.3. The van der Waals surface area contributed by atoms with Crippen molar-refractivity contribution in [3.8, 4) is 0 Å². The van der Waals surface area contributed by atoms with Crippen molar-refractivity contribution in [1.29, 1.82) is 0 Å². The van der Waals surface area contributed by atoms with Crippen molar-refractivity contribution in [1.82, 2.24) is 43.5 Å². The number of aryl methyl sites for hydroxylation is 2. The number of fused-ring (bicyclic) bond motifs is 7. The summed E-state index contributed by atoms with van der Waals surface area (Å²) in [5.41, 5.74) is 10.4. The van der Waals surface area contributed by atoms with Crippen molar-refractivity contribution in [2.45, 2.75) is 52.1 Å². The summed E-state index contributed by atoms with van der Waals surface area (Å²) in [5.74, 6) is 0.663. The SMILES string of the molecule is CC(=O)N1CN(C)C(=O)c2ccccc21.CN1CCCCC1=O.CN1CCc2ccccc2C1=O.CN1CNc2ccccc2C1=O.CN1Cc2ccccc2CC1=O.CN1Cc2ccccc2NC1=O.Cn1ccc2ccccc2c1=O.Cn1cnc2ccccc2c1=O. The Balaban J connectivity index is 0.000000140. The first-order valence-corrected chi connectivity index (χ1v) is 31.3. The minimum Gasteiger partial charge on any atom is -0.367 e. The number of para-hydroxylation sites is 4. The molecule has 0 atom stereocenters. The number of hydrogen-bond donors (Lipinski definition) is 2. The maximum Gasteiger partial charge on any atom is 0.321 e. The van der Waals surface area contributed by atoms with Crippen molar-refractivity contribution in [2.75, 3.05) is 84.2 Å². The zero-order valence-electron chi connectivity index (χ0n) is 55.3. The van der Waals surface area contributed by atoms with Crippen LogP contribution in [0.2, 0.25) is 0 Å². The van der Waals surface area contributed by atoms with Gasteiger partial charge in [-0.2, -0.15) is 0 Å². The average Bonchev–Trinajstić information content (AvgIpc) is 0.827. The van der Waals surface area contributed by atoms with E-state index >= 15 is 0 Å². The Labute approximate surface area is 553 Å². The number of likely N-dealkylation sites (N-methyl/N-ethyl adjacent to an activating group) is 2. The fourth-order valence-corrected chi connectivity index (χ4v) is 10.8. The van der Waals surface area contributed by atoms with Gasteiger partial charge in [0.15, 0.2) is 0 Å². The first-order chi connectivity index (χ1) is 45.6. The van der Waals surface area contributed by atoms with E-state index in [1.54, 1.807) is 99.7 Å². The van der Waals surface area contributed by atoms with Crippen LogP contribution < -0.4 is 26.7 Å². The Kier molecular flexibility index (Phi) is 24.1. The first kappa shape index (κ1) is 69.7. The lowest BCUT2D eigenvalue weighted by Crippen LogP contribution is -2.46. The summed E-state index contributed by atoms with van der Waals surface area (Å²) in [4.78, 5) is 118. The van der Waals surface area contributed by atoms with Crippen LogP contribution in [0.4, 0.5) is 21.9 Å². The molecule has 0 saturated carbocycles. The molecule has 6 aliphatic rings. The fourth-order valence-electron chi connectivity index (χ4n) is 10.8. The number of rotatable bonds is 0. The van der Waals surface area contributed by atoms with Gasteiger partial charge in [0.05, 0.1) is 47.1 Å². The summed E-state index contributed by atoms with van der Waals surface area (Å²) >= 11 is 0. The number of likely N-dealkylation sites (tertiary alicyclic amines) is 1. The van der Waals surface area contributed by atoms with E-state index in [2.05, 4.69) is 21.7 Å². The topological polar surface area (TPSA) is 223 Å². The number of nitrogens with one attached hydrogen (secondary N) is 2. The molecule has 21 heteroatoms. The number of hydrogen-bond acceptors (Lipinski definition) is 11. The third kappa shape index (κ3) is 18.1. The smallest absolute Gasteiger partial charge is 0.321 e. The molecule has 0 aliphatic carbocycles. The van der Waals surface area contributed by atoms with Gasteiger partial charge in [0.25, 0.3) is 28.8 Å². The molecule has 2 aromatic heterocycles. The van der Waals surface area contributed by atoms with Gasteiger partial charge in [0.1, 0.15) is 6.67 Å². The summed E-state index contributed by atoms with van der Waals surface area (Å²) in [5, 5.41) is 8.39. The molecule has 1 fully saturated rings. The van der Waals surface area contributed by atoms with E-state index in [0.717, 1.165) is 77.7 Å². The molecule has 2 N–H and O–H groups in total. The van der Waals surface area contributed by atoms with Gasteiger partial charge in [-0.1, -0.05) is 115 Å². The number of urea groups is 1. The Morgan fingerprint density at radius 1 is 0.442 bits per heavy atom. The number of carbonyl (C=O) groups is 7. The molecule has 0 radical (unpaired) electrons. The van der Waals surface area contributed by atoms with E-state index in [1.807, 2.05) is 167 Å². The fraction of sp³-hybridized carbons (Fsp3) is 0.270. The largest absolute Gasteiger partial charge is 0.367 e. The number of nitrogens with zero attached hydrogens (tertiary/aromatic N) is 10. The predicted molar refractivity (Wildman–Crippen MR) is 372 cm³/mol. The zero-order chi connectivity index (χ0) is 68.3. The van der Waals surface area contributed by atoms with Gasteiger partial charge in [-0.25, -0.2) is 9.78 Å². The Bertz CT molecular complexity index is 4150. The van der Waals surface area contributed by atoms with E-state index in [9.17, 15) is 43.2 Å². The third-order valence-electron chi connectivity index (χ3n) is 16.5. The normalized spacial score (nSPS) is 14.8. The molecule has 1 saturated heterocycles. The molecular formula is C74H82N12O9. The standard InChI is InChI=1S/C11H12N2O2.2C10H11NO.C10H9NO.C9H10N2O.C9H8N2O.C9H10N2O.C6H11NO/c1-8(14)13-7-12(2)11(15)9-5-3-4-6-10(9)13;1-11-7-9-5-3-2-4-8(9)6-10(11)12;2*1-11-7-6-8-4-2-3-5-9(8)10(11)12;2*1-11-6-10-8-5-3-2-4-7(8)9(11)12;1-11-6-7-4-2-3-5-8(7)10-9(11)12;1-7-5-3-2-4-6(7)8/h3-6H,7H2,1-2H3;2*2-5H,6-7H2,1H3;2-7H,1H3;2-5,10H,6H2,1H3;2-6H,1H3;2-5H,6H2,1H3,(H,10,12);2-5H2,1H3. The summed E-state index contributed by atoms with van der Waals surface area (Å²) < 4.78 is 3.06. The van der Waals surface area contributed by atoms with E-state index in [0.29, 0.717) is 48.8 Å². The number of carbonyl (C=O) groups excluding carboxylic acids is 7. The third-order valence-corrected chi connectivity index (χ3v) is 16.5. The lowest BCUT2D eigenvalue weighted by atomic mass is 10.00. The molecule has 6 aliphatic heterocycles. The molecule has 95 heavy (non-hydrogen) atoms. The van der Waals surface area contributed by atoms with Gasteiger partial charge in [-0.15, -0.1) is 0 Å². The van der Waals surface area contributed by atoms with E-state index in [-0.39, 0.29) is 46.7 Å². The molecule has 492 valence electrons. The second-order valence-electron chi connectivity index (χ2n) is 23.5. The molecule has 0 unspecified atom stereocenters. The highest BCUT2D eigenvalue weighted by Gasteiger charge is 2.29. The number of piperidine rings is 1. The van der Waals surface area contributed by atoms with Crippen molar-refractivity contribution >= 4 is 80.2 Å². The van der Waals surface area contributed by atoms with Gasteiger partial charge < -0.3 is 49.2 Å². The van der Waals surface area contributed by atoms with Crippen molar-refractivity contribution < 1.29 is 33.6 Å². The summed E-state index contributed by atoms with van der Waals surface area (Å²) in [6.07, 6.45) is 7.89. The number of amides is 8. The molecule has 15 rings (SSSR count). The van der Waals surface area contributed by atoms with Gasteiger partial charge in [-0.3, -0.25) is 43.3 Å². The first-order valence-electron chi connectivity index (χ1n) is 31.3. The summed E-state index contributed by atoms with van der Waals surface area (Å²) in [6, 6.07) is 55.3. The maximum atomic E-state index is 11.8. The maximum absolute atomic E-state index is 11.8. The quantitative estimate of drug-likeness (QED) is 0.145. The number of benzene rings is 7. The number of aromatic nitrogens is 3. The lowest BCUT2D eigenvalue weighted by molar-refractivity contribution is -0.132. The highest BCUT2D eigenvalue weighted by Crippen LogP contribution is 2.27. The van der Waals surface area contributed by atoms with Gasteiger partial charge in [0, 0.05) is 124 Å². The predicted octanol–water partition coefficient (Wildman–Crippen LogP) is 9.50. The molecular weight excluding hydrogens is 1200 g/mol. The summed E-state index contributed by atoms with van der Waals surface area (Å²) in [7, 11) is 14.3. The van der Waals surface area contributed by atoms with Crippen LogP contribution in [0.1, 0.15) is 79.5 Å². The van der Waals surface area contributed by atoms with E-state index < -0.39 is 0 Å². The average molecular weight is 1280 g/mol. The van der Waals surface area contributed by atoms with Crippen molar-refractivity contribution in [3.05, 3.63) is 248 Å². The van der Waals surface area contributed by atoms with Gasteiger partial charge in [0.2, 0.25) is 17.7 Å². The van der Waals surface area contributed by atoms with Crippen LogP contribution in [-0.4, -0.2) is 154 Å². The molecule has 21 nitrogen and oxygen atoms in total. The molecule has 0 spiro atoms. The summed E-state index contributed by atoms with van der Waals surface area (Å²) in [6.45, 7) is 5.67. The van der Waals surface area contributed by atoms with E-state index in [4.69, 9.17) is 0 Å². The van der Waals surface area contributed by atoms with Crippen LogP contribution in [-0.2, 0) is 54.4 Å². The van der Waals surface area contributed by atoms with E-state index in [1.165, 1.54) is 51.4 Å². The molecule has 7 aromatic carbocycles. The molecule has 8 amide bonds.